The number of piperidine rings is 2. The number of nitrogens with one attached hydrogen (secondary N) is 1. The first-order valence-electron chi connectivity index (χ1n) is 7.33. The lowest BCUT2D eigenvalue weighted by Crippen LogP contribution is -3.18. The smallest absolute Gasteiger partial charge is 0.185 e. The molecule has 0 aromatic rings. The Morgan fingerprint density at radius 3 is 2.72 bits per heavy atom. The van der Waals surface area contributed by atoms with Gasteiger partial charge in [0.05, 0.1) is 32.3 Å². The molecule has 2 aliphatic heterocycles. The zero-order valence-electron chi connectivity index (χ0n) is 11.7. The summed E-state index contributed by atoms with van der Waals surface area (Å²) in [6, 6.07) is 0.823. The summed E-state index contributed by atoms with van der Waals surface area (Å²) in [6.45, 7) is 6.19. The Hall–Kier alpha value is 0.530. The lowest BCUT2D eigenvalue weighted by atomic mass is 9.84. The fourth-order valence-electron chi connectivity index (χ4n) is 3.48. The number of quaternary nitrogens is 1. The monoisotopic (exact) mass is 292 g/mol. The van der Waals surface area contributed by atoms with Crippen LogP contribution in [-0.2, 0) is 20.9 Å². The Labute approximate surface area is 116 Å². The first kappa shape index (κ1) is 14.9. The van der Waals surface area contributed by atoms with Crippen molar-refractivity contribution in [2.24, 2.45) is 5.92 Å². The van der Waals surface area contributed by atoms with Crippen LogP contribution in [0.1, 0.15) is 39.0 Å². The lowest BCUT2D eigenvalue weighted by Gasteiger charge is -2.41. The van der Waals surface area contributed by atoms with Gasteiger partial charge in [0.15, 0.2) is 6.49 Å². The summed E-state index contributed by atoms with van der Waals surface area (Å²) >= 11 is 5.42. The van der Waals surface area contributed by atoms with Gasteiger partial charge in [-0.15, -0.1) is 0 Å². The predicted molar refractivity (Wildman–Crippen MR) is 78.8 cm³/mol. The van der Waals surface area contributed by atoms with Crippen LogP contribution < -0.4 is 4.90 Å². The molecule has 0 saturated carbocycles. The fraction of sp³-hybridized carbons (Fsp3) is 1.00. The van der Waals surface area contributed by atoms with Gasteiger partial charge >= 0.3 is 0 Å². The lowest BCUT2D eigenvalue weighted by molar-refractivity contribution is -0.940. The molecule has 2 heterocycles. The van der Waals surface area contributed by atoms with E-state index in [4.69, 9.17) is 20.9 Å². The molecule has 4 atom stereocenters. The molecule has 18 heavy (non-hydrogen) atoms. The van der Waals surface area contributed by atoms with Gasteiger partial charge in [-0.05, 0) is 50.8 Å². The third kappa shape index (κ3) is 4.01. The van der Waals surface area contributed by atoms with Crippen molar-refractivity contribution >= 4 is 18.3 Å². The quantitative estimate of drug-likeness (QED) is 0.782. The summed E-state index contributed by atoms with van der Waals surface area (Å²) in [5.41, 5.74) is 0. The van der Waals surface area contributed by atoms with Crippen LogP contribution in [0.4, 0.5) is 0 Å². The van der Waals surface area contributed by atoms with Crippen molar-refractivity contribution in [3.63, 3.8) is 0 Å². The molecule has 0 amide bonds. The molecule has 0 aromatic carbocycles. The minimum atomic E-state index is -1.98. The average Bonchev–Trinajstić information content (AvgIpc) is 2.36. The Balaban J connectivity index is 1.86. The molecule has 106 valence electrons. The second-order valence-corrected chi connectivity index (χ2v) is 9.70. The normalized spacial score (nSPS) is 35.8. The van der Waals surface area contributed by atoms with E-state index < -0.39 is 6.49 Å². The third-order valence-corrected chi connectivity index (χ3v) is 6.29. The number of fused-ring (bicyclic) bond motifs is 1. The fourth-order valence-corrected chi connectivity index (χ4v) is 4.98. The van der Waals surface area contributed by atoms with Gasteiger partial charge in [-0.1, -0.05) is 0 Å². The molecule has 2 saturated heterocycles. The maximum Gasteiger partial charge on any atom is 0.185 e. The van der Waals surface area contributed by atoms with Gasteiger partial charge in [-0.25, -0.2) is 0 Å². The maximum atomic E-state index is 5.95. The van der Waals surface area contributed by atoms with Crippen molar-refractivity contribution in [1.82, 2.24) is 0 Å². The molecule has 0 radical (unpaired) electrons. The molecule has 0 spiro atoms. The molecule has 1 unspecified atom stereocenters. The molecular weight excluding hydrogens is 265 g/mol. The summed E-state index contributed by atoms with van der Waals surface area (Å²) in [5, 5.41) is 0. The van der Waals surface area contributed by atoms with Crippen molar-refractivity contribution < 1.29 is 13.9 Å². The molecule has 5 heteroatoms. The summed E-state index contributed by atoms with van der Waals surface area (Å²) < 4.78 is 11.5. The summed E-state index contributed by atoms with van der Waals surface area (Å²) in [6.07, 6.45) is 6.85. The Bertz CT molecular complexity index is 311. The highest BCUT2D eigenvalue weighted by molar-refractivity contribution is 8.09. The summed E-state index contributed by atoms with van der Waals surface area (Å²) in [7, 11) is 0. The van der Waals surface area contributed by atoms with Crippen LogP contribution in [0, 0.1) is 5.92 Å². The summed E-state index contributed by atoms with van der Waals surface area (Å²) in [5.74, 6) is 0.705. The molecular formula is C13H27NO2PS+. The Morgan fingerprint density at radius 2 is 1.94 bits per heavy atom. The van der Waals surface area contributed by atoms with E-state index in [1.54, 1.807) is 0 Å². The molecule has 1 N–H and O–H groups in total. The average molecular weight is 292 g/mol. The largest absolute Gasteiger partial charge is 0.332 e. The van der Waals surface area contributed by atoms with Gasteiger partial charge in [0.25, 0.3) is 0 Å². The van der Waals surface area contributed by atoms with E-state index in [2.05, 4.69) is 0 Å². The highest BCUT2D eigenvalue weighted by atomic mass is 32.5. The molecule has 2 fully saturated rings. The van der Waals surface area contributed by atoms with Gasteiger partial charge in [0.2, 0.25) is 0 Å². The Kier molecular flexibility index (Phi) is 5.64. The first-order chi connectivity index (χ1) is 8.62. The second-order valence-electron chi connectivity index (χ2n) is 5.65. The minimum absolute atomic E-state index is 0.666. The molecule has 0 bridgehead atoms. The third-order valence-electron chi connectivity index (χ3n) is 4.32. The van der Waals surface area contributed by atoms with Crippen LogP contribution in [0.15, 0.2) is 0 Å². The van der Waals surface area contributed by atoms with Crippen molar-refractivity contribution in [2.75, 3.05) is 33.0 Å². The van der Waals surface area contributed by atoms with Gasteiger partial charge in [-0.3, -0.25) is 0 Å². The number of rotatable bonds is 5. The van der Waals surface area contributed by atoms with Crippen molar-refractivity contribution in [2.45, 2.75) is 45.1 Å². The van der Waals surface area contributed by atoms with E-state index in [0.29, 0.717) is 12.5 Å². The van der Waals surface area contributed by atoms with Crippen LogP contribution in [0.2, 0.25) is 0 Å². The molecule has 0 aliphatic carbocycles. The Morgan fingerprint density at radius 1 is 1.17 bits per heavy atom. The zero-order valence-corrected chi connectivity index (χ0v) is 13.4. The van der Waals surface area contributed by atoms with Crippen LogP contribution in [-0.4, -0.2) is 39.0 Å². The van der Waals surface area contributed by atoms with E-state index in [1.807, 2.05) is 18.5 Å². The van der Waals surface area contributed by atoms with E-state index in [0.717, 1.165) is 12.6 Å². The molecule has 0 aromatic heterocycles. The van der Waals surface area contributed by atoms with Crippen LogP contribution in [0.25, 0.3) is 0 Å². The van der Waals surface area contributed by atoms with Crippen LogP contribution in [0.5, 0.6) is 0 Å². The topological polar surface area (TPSA) is 22.9 Å². The summed E-state index contributed by atoms with van der Waals surface area (Å²) in [4.78, 5) is 1.82. The molecule has 2 aliphatic rings. The minimum Gasteiger partial charge on any atom is -0.332 e. The van der Waals surface area contributed by atoms with Gasteiger partial charge in [0, 0.05) is 12.6 Å². The van der Waals surface area contributed by atoms with Crippen LogP contribution in [0.3, 0.4) is 0 Å². The van der Waals surface area contributed by atoms with Gasteiger partial charge in [0.1, 0.15) is 0 Å². The number of hydrogen-bond acceptors (Lipinski definition) is 3. The second kappa shape index (κ2) is 6.81. The molecule has 2 rings (SSSR count). The van der Waals surface area contributed by atoms with E-state index in [1.165, 1.54) is 45.2 Å². The zero-order chi connectivity index (χ0) is 13.0. The van der Waals surface area contributed by atoms with Crippen LogP contribution >= 0.6 is 6.49 Å². The van der Waals surface area contributed by atoms with E-state index in [-0.39, 0.29) is 0 Å². The predicted octanol–water partition coefficient (Wildman–Crippen LogP) is 1.83. The SMILES string of the molecule is CCO[P@](C)(=S)OC[C@@H]1CCC[NH+]2CCCC[C@H]12. The van der Waals surface area contributed by atoms with Crippen molar-refractivity contribution in [1.29, 1.82) is 0 Å². The van der Waals surface area contributed by atoms with E-state index in [9.17, 15) is 0 Å². The first-order valence-corrected chi connectivity index (χ1v) is 10.4. The van der Waals surface area contributed by atoms with Gasteiger partial charge < -0.3 is 13.9 Å². The van der Waals surface area contributed by atoms with Crippen molar-refractivity contribution in [3.8, 4) is 0 Å². The van der Waals surface area contributed by atoms with Gasteiger partial charge in [-0.2, -0.15) is 0 Å². The van der Waals surface area contributed by atoms with Crippen molar-refractivity contribution in [3.05, 3.63) is 0 Å². The highest BCUT2D eigenvalue weighted by Crippen LogP contribution is 2.45. The standard InChI is InChI=1S/C13H26NO2PS/c1-3-15-17(2,18)16-11-12-7-6-10-14-9-5-4-8-13(12)14/h12-13H,3-11H2,1-2H3/p+1/t12-,13+,17-/m0/s1. The number of hydrogen-bond donors (Lipinski definition) is 1. The highest BCUT2D eigenvalue weighted by Gasteiger charge is 2.37. The molecule has 3 nitrogen and oxygen atoms in total. The van der Waals surface area contributed by atoms with E-state index >= 15 is 0 Å². The maximum absolute atomic E-state index is 5.95.